The first kappa shape index (κ1) is 34.0. The number of hydrogen-bond acceptors (Lipinski definition) is 11. The summed E-state index contributed by atoms with van der Waals surface area (Å²) in [5.41, 5.74) is 0.239. The van der Waals surface area contributed by atoms with Crippen molar-refractivity contribution >= 4 is 51.1 Å². The Morgan fingerprint density at radius 3 is 2.83 bits per heavy atom. The summed E-state index contributed by atoms with van der Waals surface area (Å²) >= 11 is 6.63. The summed E-state index contributed by atoms with van der Waals surface area (Å²) in [4.78, 5) is 37.4. The van der Waals surface area contributed by atoms with Gasteiger partial charge >= 0.3 is 6.01 Å². The fourth-order valence-corrected chi connectivity index (χ4v) is 8.51. The minimum atomic E-state index is -0.925. The normalized spacial score (nSPS) is 23.4. The van der Waals surface area contributed by atoms with Crippen molar-refractivity contribution < 1.29 is 27.6 Å². The molecule has 274 valence electrons. The fourth-order valence-electron chi connectivity index (χ4n) is 8.23. The van der Waals surface area contributed by atoms with Crippen LogP contribution in [0.15, 0.2) is 53.2 Å². The summed E-state index contributed by atoms with van der Waals surface area (Å²) in [6.45, 7) is 3.39. The lowest BCUT2D eigenvalue weighted by Gasteiger charge is -2.31. The van der Waals surface area contributed by atoms with Crippen molar-refractivity contribution in [1.29, 1.82) is 0 Å². The number of ether oxygens (including phenoxy) is 2. The Hall–Kier alpha value is -4.79. The second-order valence-electron chi connectivity index (χ2n) is 14.4. The minimum Gasteiger partial charge on any atom is -0.461 e. The van der Waals surface area contributed by atoms with Gasteiger partial charge < -0.3 is 23.8 Å². The van der Waals surface area contributed by atoms with Crippen LogP contribution >= 0.6 is 11.6 Å². The highest BCUT2D eigenvalue weighted by molar-refractivity contribution is 6.36. The van der Waals surface area contributed by atoms with Crippen LogP contribution in [-0.2, 0) is 9.53 Å². The minimum absolute atomic E-state index is 0.00358. The predicted molar refractivity (Wildman–Crippen MR) is 194 cm³/mol. The van der Waals surface area contributed by atoms with Crippen molar-refractivity contribution in [3.63, 3.8) is 0 Å². The first-order chi connectivity index (χ1) is 25.8. The third-order valence-electron chi connectivity index (χ3n) is 11.2. The monoisotopic (exact) mass is 742 g/mol. The third kappa shape index (κ3) is 6.15. The second-order valence-corrected chi connectivity index (χ2v) is 14.8. The molecule has 0 unspecified atom stereocenters. The molecule has 3 aromatic heterocycles. The van der Waals surface area contributed by atoms with Gasteiger partial charge in [-0.2, -0.15) is 15.0 Å². The topological polar surface area (TPSA) is 123 Å². The van der Waals surface area contributed by atoms with E-state index in [2.05, 4.69) is 25.0 Å². The molecule has 0 spiro atoms. The van der Waals surface area contributed by atoms with E-state index in [1.165, 1.54) is 12.2 Å². The highest BCUT2D eigenvalue weighted by Crippen LogP contribution is 2.41. The number of rotatable bonds is 9. The molecule has 3 atom stereocenters. The highest BCUT2D eigenvalue weighted by Gasteiger charge is 2.49. The van der Waals surface area contributed by atoms with Gasteiger partial charge in [0.15, 0.2) is 11.6 Å². The van der Waals surface area contributed by atoms with Gasteiger partial charge in [0.1, 0.15) is 29.8 Å². The Bertz CT molecular complexity index is 2250. The fraction of sp³-hybridized carbons (Fsp3) is 0.421. The molecule has 12 nitrogen and oxygen atoms in total. The first-order valence-electron chi connectivity index (χ1n) is 17.9. The molecular formula is C38H37ClF2N8O4. The van der Waals surface area contributed by atoms with Crippen molar-refractivity contribution in [3.8, 4) is 17.3 Å². The van der Waals surface area contributed by atoms with Crippen molar-refractivity contribution in [2.45, 2.75) is 49.4 Å². The molecule has 0 aliphatic carbocycles. The van der Waals surface area contributed by atoms with Crippen LogP contribution in [0.25, 0.3) is 39.0 Å². The van der Waals surface area contributed by atoms with Crippen LogP contribution in [0.5, 0.6) is 6.01 Å². The number of nitrogens with zero attached hydrogens (tertiary/aromatic N) is 8. The van der Waals surface area contributed by atoms with E-state index in [1.54, 1.807) is 23.2 Å². The number of anilines is 1. The van der Waals surface area contributed by atoms with Crippen LogP contribution in [0.2, 0.25) is 5.02 Å². The van der Waals surface area contributed by atoms with Gasteiger partial charge in [-0.1, -0.05) is 47.1 Å². The lowest BCUT2D eigenvalue weighted by Crippen LogP contribution is -2.43. The number of halogens is 3. The molecule has 0 bridgehead atoms. The number of amides is 1. The molecule has 53 heavy (non-hydrogen) atoms. The van der Waals surface area contributed by atoms with Gasteiger partial charge in [-0.3, -0.25) is 14.7 Å². The zero-order valence-electron chi connectivity index (χ0n) is 29.1. The number of alkyl halides is 1. The van der Waals surface area contributed by atoms with Crippen molar-refractivity contribution in [1.82, 2.24) is 34.9 Å². The molecular weight excluding hydrogens is 706 g/mol. The summed E-state index contributed by atoms with van der Waals surface area (Å²) in [6.07, 6.45) is 6.39. The van der Waals surface area contributed by atoms with E-state index in [4.69, 9.17) is 30.6 Å². The molecule has 2 aromatic carbocycles. The maximum Gasteiger partial charge on any atom is 0.319 e. The lowest BCUT2D eigenvalue weighted by atomic mass is 9.95. The molecule has 4 aliphatic rings. The number of benzene rings is 2. The Kier molecular flexibility index (Phi) is 8.70. The standard InChI is InChI=1S/C38H37ClF2N8O4/c1-47(25-11-14-48(18-25)30(50)10-9-29-43-35(46-53-29)23-19-51-20-23)36-27-16-42-33(26-7-2-5-22-6-3-8-28(39)31(22)26)32(41)34(27)44-37(45-36)52-21-38-12-4-13-49(38)17-24(40)15-38/h2-3,5-10,16,23-25H,4,11-15,17-21H2,1H3/b10-9+/t24-,25-,38+/m1/s1. The Morgan fingerprint density at radius 1 is 1.15 bits per heavy atom. The zero-order chi connectivity index (χ0) is 36.3. The summed E-state index contributed by atoms with van der Waals surface area (Å²) in [5.74, 6) is 0.531. The summed E-state index contributed by atoms with van der Waals surface area (Å²) in [7, 11) is 1.86. The van der Waals surface area contributed by atoms with Crippen LogP contribution in [0.4, 0.5) is 14.6 Å². The smallest absolute Gasteiger partial charge is 0.319 e. The SMILES string of the molecule is CN(c1nc(OC[C@@]23CCCN2C[C@H](F)C3)nc2c(F)c(-c3cccc4cccc(Cl)c34)ncc12)[C@@H]1CCN(C(=O)/C=C/c2nc(C3COC3)no2)C1. The molecule has 4 saturated heterocycles. The molecule has 4 fully saturated rings. The van der Waals surface area contributed by atoms with E-state index in [0.29, 0.717) is 78.7 Å². The number of fused-ring (bicyclic) bond motifs is 3. The van der Waals surface area contributed by atoms with Gasteiger partial charge in [0.25, 0.3) is 5.89 Å². The maximum absolute atomic E-state index is 16.9. The van der Waals surface area contributed by atoms with Gasteiger partial charge in [0.05, 0.1) is 30.1 Å². The van der Waals surface area contributed by atoms with Crippen molar-refractivity contribution in [3.05, 3.63) is 71.2 Å². The van der Waals surface area contributed by atoms with Gasteiger partial charge in [-0.25, -0.2) is 8.78 Å². The Morgan fingerprint density at radius 2 is 2.00 bits per heavy atom. The number of carbonyl (C=O) groups excluding carboxylic acids is 1. The molecule has 1 amide bonds. The Balaban J connectivity index is 1.03. The van der Waals surface area contributed by atoms with Crippen LogP contribution in [0.1, 0.15) is 43.3 Å². The van der Waals surface area contributed by atoms with E-state index in [0.717, 1.165) is 24.8 Å². The van der Waals surface area contributed by atoms with E-state index in [1.807, 2.05) is 36.2 Å². The third-order valence-corrected chi connectivity index (χ3v) is 11.5. The van der Waals surface area contributed by atoms with E-state index in [-0.39, 0.29) is 47.6 Å². The van der Waals surface area contributed by atoms with E-state index >= 15 is 4.39 Å². The summed E-state index contributed by atoms with van der Waals surface area (Å²) in [5, 5.41) is 6.40. The van der Waals surface area contributed by atoms with Gasteiger partial charge in [0, 0.05) is 73.5 Å². The van der Waals surface area contributed by atoms with Crippen LogP contribution < -0.4 is 9.64 Å². The number of carbonyl (C=O) groups is 1. The lowest BCUT2D eigenvalue weighted by molar-refractivity contribution is -0.124. The second kappa shape index (κ2) is 13.6. The maximum atomic E-state index is 16.9. The van der Waals surface area contributed by atoms with Crippen LogP contribution in [0, 0.1) is 5.82 Å². The molecule has 0 saturated carbocycles. The number of likely N-dealkylation sites (tertiary alicyclic amines) is 1. The largest absolute Gasteiger partial charge is 0.461 e. The molecule has 9 rings (SSSR count). The number of pyridine rings is 1. The summed E-state index contributed by atoms with van der Waals surface area (Å²) in [6, 6.07) is 10.9. The molecule has 0 radical (unpaired) electrons. The zero-order valence-corrected chi connectivity index (χ0v) is 29.8. The van der Waals surface area contributed by atoms with E-state index < -0.39 is 17.5 Å². The summed E-state index contributed by atoms with van der Waals surface area (Å²) < 4.78 is 48.2. The predicted octanol–water partition coefficient (Wildman–Crippen LogP) is 5.84. The van der Waals surface area contributed by atoms with E-state index in [9.17, 15) is 9.18 Å². The van der Waals surface area contributed by atoms with Gasteiger partial charge in [-0.05, 0) is 37.3 Å². The number of hydrogen-bond donors (Lipinski definition) is 0. The average Bonchev–Trinajstić information content (AvgIpc) is 3.94. The van der Waals surface area contributed by atoms with Gasteiger partial charge in [-0.15, -0.1) is 0 Å². The molecule has 7 heterocycles. The molecule has 0 N–H and O–H groups in total. The van der Waals surface area contributed by atoms with Crippen LogP contribution in [0.3, 0.4) is 0 Å². The number of aromatic nitrogens is 5. The Labute approximate surface area is 308 Å². The molecule has 4 aliphatic heterocycles. The van der Waals surface area contributed by atoms with Gasteiger partial charge in [0.2, 0.25) is 5.91 Å². The number of likely N-dealkylation sites (N-methyl/N-ethyl adjacent to an activating group) is 1. The molecule has 15 heteroatoms. The molecule has 5 aromatic rings. The first-order valence-corrected chi connectivity index (χ1v) is 18.3. The quantitative estimate of drug-likeness (QED) is 0.169. The highest BCUT2D eigenvalue weighted by atomic mass is 35.5. The van der Waals surface area contributed by atoms with Crippen LogP contribution in [-0.4, -0.2) is 112 Å². The average molecular weight is 743 g/mol. The van der Waals surface area contributed by atoms with Crippen molar-refractivity contribution in [2.24, 2.45) is 0 Å². The van der Waals surface area contributed by atoms with Crippen molar-refractivity contribution in [2.75, 3.05) is 57.9 Å².